The predicted molar refractivity (Wildman–Crippen MR) is 102 cm³/mol. The van der Waals surface area contributed by atoms with Crippen LogP contribution in [0.5, 0.6) is 0 Å². The molecule has 4 aliphatic carbocycles. The second-order valence-electron chi connectivity index (χ2n) is 10.2. The predicted octanol–water partition coefficient (Wildman–Crippen LogP) is 4.88. The van der Waals surface area contributed by atoms with E-state index in [4.69, 9.17) is 4.74 Å². The van der Waals surface area contributed by atoms with E-state index in [-0.39, 0.29) is 18.2 Å². The normalized spacial score (nSPS) is 48.7. The molecule has 3 heteroatoms. The van der Waals surface area contributed by atoms with Crippen molar-refractivity contribution in [1.82, 2.24) is 0 Å². The third-order valence-electron chi connectivity index (χ3n) is 9.08. The summed E-state index contributed by atoms with van der Waals surface area (Å²) in [5.41, 5.74) is 2.18. The minimum absolute atomic E-state index is 0.0403. The van der Waals surface area contributed by atoms with E-state index in [1.807, 2.05) is 0 Å². The molecule has 0 spiro atoms. The maximum atomic E-state index is 11.5. The summed E-state index contributed by atoms with van der Waals surface area (Å²) >= 11 is 0. The number of hydrogen-bond acceptors (Lipinski definition) is 3. The van der Waals surface area contributed by atoms with Crippen molar-refractivity contribution in [3.05, 3.63) is 11.6 Å². The summed E-state index contributed by atoms with van der Waals surface area (Å²) in [7, 11) is 0. The van der Waals surface area contributed by atoms with Gasteiger partial charge in [0.05, 0.1) is 6.10 Å². The highest BCUT2D eigenvalue weighted by Gasteiger charge is 2.59. The van der Waals surface area contributed by atoms with Gasteiger partial charge in [-0.2, -0.15) is 0 Å². The Kier molecular flexibility index (Phi) is 4.53. The van der Waals surface area contributed by atoms with Gasteiger partial charge in [-0.15, -0.1) is 0 Å². The molecule has 4 rings (SSSR count). The summed E-state index contributed by atoms with van der Waals surface area (Å²) in [6, 6.07) is 0. The SMILES string of the molecule is CC(=O)O[C@@H](C)[C@H]1CC[C@H]2[C@@H]3CCC4=C[C@@H](O)CC[C@]4(C)[C@H]3CC[C@]12C. The summed E-state index contributed by atoms with van der Waals surface area (Å²) in [5, 5.41) is 10.1. The van der Waals surface area contributed by atoms with Crippen LogP contribution >= 0.6 is 0 Å². The second-order valence-corrected chi connectivity index (χ2v) is 10.2. The molecule has 0 radical (unpaired) electrons. The standard InChI is InChI=1S/C23H36O3/c1-14(26-15(2)24)19-7-8-20-18-6-5-16-13-17(25)9-11-22(16,3)21(18)10-12-23(19,20)4/h13-14,17-21,25H,5-12H2,1-4H3/t14-,17-,18-,19+,20-,21-,22-,23+/m0/s1. The smallest absolute Gasteiger partial charge is 0.302 e. The van der Waals surface area contributed by atoms with Crippen LogP contribution in [-0.2, 0) is 9.53 Å². The van der Waals surface area contributed by atoms with Crippen LogP contribution in [0.4, 0.5) is 0 Å². The zero-order valence-electron chi connectivity index (χ0n) is 17.0. The number of aliphatic hydroxyl groups excluding tert-OH is 1. The maximum absolute atomic E-state index is 11.5. The van der Waals surface area contributed by atoms with Crippen molar-refractivity contribution >= 4 is 5.97 Å². The molecule has 0 aliphatic heterocycles. The molecule has 1 N–H and O–H groups in total. The third-order valence-corrected chi connectivity index (χ3v) is 9.08. The molecule has 8 atom stereocenters. The lowest BCUT2D eigenvalue weighted by Crippen LogP contribution is -2.51. The van der Waals surface area contributed by atoms with Crippen LogP contribution in [-0.4, -0.2) is 23.3 Å². The van der Waals surface area contributed by atoms with Crippen LogP contribution in [0.25, 0.3) is 0 Å². The molecule has 0 aromatic rings. The van der Waals surface area contributed by atoms with E-state index in [1.54, 1.807) is 5.57 Å². The van der Waals surface area contributed by atoms with Crippen molar-refractivity contribution in [3.8, 4) is 0 Å². The lowest BCUT2D eigenvalue weighted by Gasteiger charge is -2.58. The molecule has 0 heterocycles. The molecule has 26 heavy (non-hydrogen) atoms. The van der Waals surface area contributed by atoms with Gasteiger partial charge in [-0.05, 0) is 86.9 Å². The molecule has 0 saturated heterocycles. The lowest BCUT2D eigenvalue weighted by atomic mass is 9.46. The van der Waals surface area contributed by atoms with E-state index in [0.717, 1.165) is 30.6 Å². The molecular weight excluding hydrogens is 324 g/mol. The average molecular weight is 361 g/mol. The Labute approximate surface area is 158 Å². The van der Waals surface area contributed by atoms with Crippen LogP contribution in [0, 0.1) is 34.5 Å². The van der Waals surface area contributed by atoms with Crippen molar-refractivity contribution in [1.29, 1.82) is 0 Å². The van der Waals surface area contributed by atoms with Crippen LogP contribution in [0.15, 0.2) is 11.6 Å². The average Bonchev–Trinajstić information content (AvgIpc) is 2.92. The van der Waals surface area contributed by atoms with Gasteiger partial charge in [0.2, 0.25) is 0 Å². The molecule has 3 saturated carbocycles. The van der Waals surface area contributed by atoms with E-state index >= 15 is 0 Å². The van der Waals surface area contributed by atoms with E-state index in [0.29, 0.717) is 16.7 Å². The molecular formula is C23H36O3. The molecule has 4 aliphatic rings. The zero-order valence-corrected chi connectivity index (χ0v) is 17.0. The van der Waals surface area contributed by atoms with Gasteiger partial charge in [0.1, 0.15) is 6.10 Å². The lowest BCUT2D eigenvalue weighted by molar-refractivity contribution is -0.152. The number of aliphatic hydroxyl groups is 1. The minimum atomic E-state index is -0.219. The number of fused-ring (bicyclic) bond motifs is 5. The van der Waals surface area contributed by atoms with Crippen molar-refractivity contribution < 1.29 is 14.6 Å². The highest BCUT2D eigenvalue weighted by atomic mass is 16.5. The van der Waals surface area contributed by atoms with E-state index < -0.39 is 0 Å². The molecule has 0 aromatic heterocycles. The van der Waals surface area contributed by atoms with Crippen molar-refractivity contribution in [2.45, 2.75) is 91.3 Å². The zero-order chi connectivity index (χ0) is 18.7. The molecule has 3 nitrogen and oxygen atoms in total. The van der Waals surface area contributed by atoms with Gasteiger partial charge in [0.15, 0.2) is 0 Å². The first-order valence-corrected chi connectivity index (χ1v) is 10.8. The summed E-state index contributed by atoms with van der Waals surface area (Å²) in [4.78, 5) is 11.5. The number of hydrogen-bond donors (Lipinski definition) is 1. The summed E-state index contributed by atoms with van der Waals surface area (Å²) in [5.74, 6) is 2.72. The van der Waals surface area contributed by atoms with Crippen LogP contribution in [0.1, 0.15) is 79.1 Å². The molecule has 0 aromatic carbocycles. The van der Waals surface area contributed by atoms with Gasteiger partial charge in [0.25, 0.3) is 0 Å². The molecule has 0 amide bonds. The summed E-state index contributed by atoms with van der Waals surface area (Å²) in [6.45, 7) is 8.62. The number of ether oxygens (including phenoxy) is 1. The molecule has 3 fully saturated rings. The Morgan fingerprint density at radius 3 is 2.65 bits per heavy atom. The molecule has 146 valence electrons. The summed E-state index contributed by atoms with van der Waals surface area (Å²) in [6.07, 6.45) is 11.6. The topological polar surface area (TPSA) is 46.5 Å². The maximum Gasteiger partial charge on any atom is 0.302 e. The Hall–Kier alpha value is -0.830. The number of allylic oxidation sites excluding steroid dienone is 1. The van der Waals surface area contributed by atoms with Gasteiger partial charge in [0, 0.05) is 12.8 Å². The highest BCUT2D eigenvalue weighted by Crippen LogP contribution is 2.67. The first kappa shape index (κ1) is 18.5. The van der Waals surface area contributed by atoms with Crippen molar-refractivity contribution in [2.24, 2.45) is 34.5 Å². The Bertz CT molecular complexity index is 611. The van der Waals surface area contributed by atoms with Crippen molar-refractivity contribution in [2.75, 3.05) is 0 Å². The largest absolute Gasteiger partial charge is 0.463 e. The fraction of sp³-hybridized carbons (Fsp3) is 0.870. The van der Waals surface area contributed by atoms with Gasteiger partial charge < -0.3 is 9.84 Å². The van der Waals surface area contributed by atoms with E-state index in [2.05, 4.69) is 26.8 Å². The third kappa shape index (κ3) is 2.68. The minimum Gasteiger partial charge on any atom is -0.463 e. The molecule has 0 unspecified atom stereocenters. The van der Waals surface area contributed by atoms with Crippen LogP contribution in [0.3, 0.4) is 0 Å². The van der Waals surface area contributed by atoms with Crippen LogP contribution < -0.4 is 0 Å². The number of carbonyl (C=O) groups is 1. The number of carbonyl (C=O) groups excluding carboxylic acids is 1. The highest BCUT2D eigenvalue weighted by molar-refractivity contribution is 5.66. The fourth-order valence-electron chi connectivity index (χ4n) is 7.87. The Morgan fingerprint density at radius 2 is 1.92 bits per heavy atom. The second kappa shape index (κ2) is 6.36. The quantitative estimate of drug-likeness (QED) is 0.564. The first-order chi connectivity index (χ1) is 12.3. The van der Waals surface area contributed by atoms with E-state index in [9.17, 15) is 9.90 Å². The van der Waals surface area contributed by atoms with Crippen LogP contribution in [0.2, 0.25) is 0 Å². The van der Waals surface area contributed by atoms with Crippen molar-refractivity contribution in [3.63, 3.8) is 0 Å². The Balaban J connectivity index is 1.58. The molecule has 0 bridgehead atoms. The summed E-state index contributed by atoms with van der Waals surface area (Å²) < 4.78 is 5.63. The van der Waals surface area contributed by atoms with Gasteiger partial charge >= 0.3 is 5.97 Å². The number of rotatable bonds is 2. The number of esters is 1. The first-order valence-electron chi connectivity index (χ1n) is 10.8. The monoisotopic (exact) mass is 360 g/mol. The van der Waals surface area contributed by atoms with Gasteiger partial charge in [-0.1, -0.05) is 25.5 Å². The van der Waals surface area contributed by atoms with Gasteiger partial charge in [-0.25, -0.2) is 0 Å². The fourth-order valence-corrected chi connectivity index (χ4v) is 7.87. The van der Waals surface area contributed by atoms with Gasteiger partial charge in [-0.3, -0.25) is 4.79 Å². The van der Waals surface area contributed by atoms with E-state index in [1.165, 1.54) is 45.4 Å². The Morgan fingerprint density at radius 1 is 1.15 bits per heavy atom.